The number of hydrogen-bond acceptors (Lipinski definition) is 2. The Kier molecular flexibility index (Phi) is 4.32. The summed E-state index contributed by atoms with van der Waals surface area (Å²) in [5.41, 5.74) is 0. The number of nitrogens with one attached hydrogen (secondary N) is 2. The second kappa shape index (κ2) is 5.29. The van der Waals surface area contributed by atoms with Gasteiger partial charge in [-0.15, -0.1) is 0 Å². The third-order valence-corrected chi connectivity index (χ3v) is 6.02. The van der Waals surface area contributed by atoms with Crippen molar-refractivity contribution < 1.29 is 0 Å². The topological polar surface area (TPSA) is 24.1 Å². The van der Waals surface area contributed by atoms with Crippen LogP contribution in [0.3, 0.4) is 0 Å². The predicted octanol–water partition coefficient (Wildman–Crippen LogP) is 1.18. The van der Waals surface area contributed by atoms with Gasteiger partial charge in [-0.2, -0.15) is 0 Å². The standard InChI is InChI=1S/C11H20N2Si/c1-4-12-14(3,13-5-2)11-9-7-6-8-10-11/h6-10,12-13H,4-5H2,1-3H3. The molecule has 0 radical (unpaired) electrons. The normalized spacial score (nSPS) is 11.6. The summed E-state index contributed by atoms with van der Waals surface area (Å²) in [6.07, 6.45) is 0. The van der Waals surface area contributed by atoms with E-state index in [0.717, 1.165) is 13.1 Å². The Labute approximate surface area is 87.9 Å². The molecule has 78 valence electrons. The number of hydrogen-bond donors (Lipinski definition) is 2. The minimum atomic E-state index is -1.63. The van der Waals surface area contributed by atoms with E-state index in [1.165, 1.54) is 5.19 Å². The molecule has 0 aliphatic rings. The summed E-state index contributed by atoms with van der Waals surface area (Å²) < 4.78 is 0. The van der Waals surface area contributed by atoms with Crippen LogP contribution in [0.5, 0.6) is 0 Å². The maximum Gasteiger partial charge on any atom is 0.231 e. The van der Waals surface area contributed by atoms with Gasteiger partial charge in [-0.3, -0.25) is 0 Å². The van der Waals surface area contributed by atoms with E-state index in [4.69, 9.17) is 0 Å². The summed E-state index contributed by atoms with van der Waals surface area (Å²) in [5, 5.41) is 1.42. The molecule has 0 aromatic heterocycles. The Morgan fingerprint density at radius 1 is 1.00 bits per heavy atom. The molecule has 0 saturated heterocycles. The highest BCUT2D eigenvalue weighted by Crippen LogP contribution is 1.95. The van der Waals surface area contributed by atoms with Gasteiger partial charge in [0.15, 0.2) is 0 Å². The third-order valence-electron chi connectivity index (χ3n) is 2.41. The smallest absolute Gasteiger partial charge is 0.231 e. The van der Waals surface area contributed by atoms with Crippen LogP contribution in [0.2, 0.25) is 6.55 Å². The molecule has 0 fully saturated rings. The lowest BCUT2D eigenvalue weighted by atomic mass is 10.4. The minimum absolute atomic E-state index is 1.02. The Morgan fingerprint density at radius 2 is 1.50 bits per heavy atom. The van der Waals surface area contributed by atoms with Crippen molar-refractivity contribution in [3.63, 3.8) is 0 Å². The van der Waals surface area contributed by atoms with Crippen molar-refractivity contribution >= 4 is 13.6 Å². The summed E-state index contributed by atoms with van der Waals surface area (Å²) >= 11 is 0. The fraction of sp³-hybridized carbons (Fsp3) is 0.455. The SMILES string of the molecule is CCN[Si](C)(NCC)c1ccccc1. The summed E-state index contributed by atoms with van der Waals surface area (Å²) in [6.45, 7) is 8.67. The van der Waals surface area contributed by atoms with Gasteiger partial charge < -0.3 is 9.96 Å². The first-order valence-corrected chi connectivity index (χ1v) is 7.78. The van der Waals surface area contributed by atoms with Crippen LogP contribution in [0.1, 0.15) is 13.8 Å². The van der Waals surface area contributed by atoms with E-state index in [-0.39, 0.29) is 0 Å². The molecular weight excluding hydrogens is 188 g/mol. The van der Waals surface area contributed by atoms with Gasteiger partial charge in [0, 0.05) is 0 Å². The van der Waals surface area contributed by atoms with E-state index in [1.807, 2.05) is 0 Å². The van der Waals surface area contributed by atoms with Crippen molar-refractivity contribution in [1.29, 1.82) is 0 Å². The van der Waals surface area contributed by atoms with Gasteiger partial charge in [0.1, 0.15) is 0 Å². The van der Waals surface area contributed by atoms with Crippen LogP contribution in [-0.2, 0) is 0 Å². The molecule has 2 nitrogen and oxygen atoms in total. The molecule has 0 aliphatic carbocycles. The molecule has 0 aliphatic heterocycles. The number of rotatable bonds is 5. The van der Waals surface area contributed by atoms with Gasteiger partial charge in [0.2, 0.25) is 8.40 Å². The van der Waals surface area contributed by atoms with Crippen LogP contribution in [0.15, 0.2) is 30.3 Å². The predicted molar refractivity (Wildman–Crippen MR) is 65.0 cm³/mol. The molecule has 1 aromatic carbocycles. The van der Waals surface area contributed by atoms with Crippen LogP contribution in [0.4, 0.5) is 0 Å². The molecule has 1 aromatic rings. The molecular formula is C11H20N2Si. The largest absolute Gasteiger partial charge is 0.322 e. The molecule has 1 rings (SSSR count). The average Bonchev–Trinajstić information content (AvgIpc) is 2.20. The minimum Gasteiger partial charge on any atom is -0.322 e. The van der Waals surface area contributed by atoms with Crippen LogP contribution in [0, 0.1) is 0 Å². The van der Waals surface area contributed by atoms with E-state index in [1.54, 1.807) is 0 Å². The van der Waals surface area contributed by atoms with Crippen LogP contribution >= 0.6 is 0 Å². The highest BCUT2D eigenvalue weighted by molar-refractivity contribution is 6.86. The fourth-order valence-corrected chi connectivity index (χ4v) is 4.55. The lowest BCUT2D eigenvalue weighted by molar-refractivity contribution is 0.875. The Balaban J connectivity index is 2.87. The molecule has 0 unspecified atom stereocenters. The van der Waals surface area contributed by atoms with Gasteiger partial charge in [0.05, 0.1) is 0 Å². The van der Waals surface area contributed by atoms with E-state index in [0.29, 0.717) is 0 Å². The zero-order valence-corrected chi connectivity index (χ0v) is 10.3. The lowest BCUT2D eigenvalue weighted by Crippen LogP contribution is -2.68. The third kappa shape index (κ3) is 2.67. The fourth-order valence-electron chi connectivity index (χ4n) is 1.75. The van der Waals surface area contributed by atoms with Gasteiger partial charge in [0.25, 0.3) is 0 Å². The molecule has 2 N–H and O–H groups in total. The van der Waals surface area contributed by atoms with Gasteiger partial charge in [-0.05, 0) is 24.8 Å². The molecule has 0 bridgehead atoms. The molecule has 0 atom stereocenters. The Morgan fingerprint density at radius 3 is 1.93 bits per heavy atom. The Hall–Kier alpha value is -0.643. The second-order valence-corrected chi connectivity index (χ2v) is 7.09. The van der Waals surface area contributed by atoms with Crippen molar-refractivity contribution in [2.75, 3.05) is 13.1 Å². The molecule has 0 heterocycles. The summed E-state index contributed by atoms with van der Waals surface area (Å²) in [5.74, 6) is 0. The first-order valence-electron chi connectivity index (χ1n) is 5.28. The molecule has 0 saturated carbocycles. The van der Waals surface area contributed by atoms with Crippen molar-refractivity contribution in [2.24, 2.45) is 0 Å². The molecule has 14 heavy (non-hydrogen) atoms. The highest BCUT2D eigenvalue weighted by atomic mass is 28.3. The van der Waals surface area contributed by atoms with Gasteiger partial charge >= 0.3 is 0 Å². The molecule has 0 amide bonds. The van der Waals surface area contributed by atoms with Crippen molar-refractivity contribution in [3.05, 3.63) is 30.3 Å². The van der Waals surface area contributed by atoms with E-state index in [9.17, 15) is 0 Å². The van der Waals surface area contributed by atoms with E-state index in [2.05, 4.69) is 60.7 Å². The summed E-state index contributed by atoms with van der Waals surface area (Å²) in [6, 6.07) is 10.7. The Bertz CT molecular complexity index is 255. The highest BCUT2D eigenvalue weighted by Gasteiger charge is 2.27. The van der Waals surface area contributed by atoms with Crippen LogP contribution in [0.25, 0.3) is 0 Å². The zero-order chi connectivity index (χ0) is 10.4. The van der Waals surface area contributed by atoms with Gasteiger partial charge in [-0.1, -0.05) is 44.2 Å². The van der Waals surface area contributed by atoms with Crippen molar-refractivity contribution in [2.45, 2.75) is 20.4 Å². The maximum absolute atomic E-state index is 3.60. The monoisotopic (exact) mass is 208 g/mol. The summed E-state index contributed by atoms with van der Waals surface area (Å²) in [4.78, 5) is 7.21. The van der Waals surface area contributed by atoms with Crippen molar-refractivity contribution in [1.82, 2.24) is 9.96 Å². The first-order chi connectivity index (χ1) is 6.73. The van der Waals surface area contributed by atoms with Crippen LogP contribution in [-0.4, -0.2) is 21.5 Å². The van der Waals surface area contributed by atoms with Crippen molar-refractivity contribution in [3.8, 4) is 0 Å². The molecule has 3 heteroatoms. The quantitative estimate of drug-likeness (QED) is 0.710. The van der Waals surface area contributed by atoms with E-state index >= 15 is 0 Å². The van der Waals surface area contributed by atoms with E-state index < -0.39 is 8.40 Å². The van der Waals surface area contributed by atoms with Gasteiger partial charge in [-0.25, -0.2) is 0 Å². The summed E-state index contributed by atoms with van der Waals surface area (Å²) in [7, 11) is -1.63. The van der Waals surface area contributed by atoms with Crippen LogP contribution < -0.4 is 15.2 Å². The average molecular weight is 208 g/mol. The zero-order valence-electron chi connectivity index (χ0n) is 9.30. The maximum atomic E-state index is 3.60. The first kappa shape index (κ1) is 11.4. The lowest BCUT2D eigenvalue weighted by Gasteiger charge is -2.28. The number of benzene rings is 1. The molecule has 0 spiro atoms. The second-order valence-electron chi connectivity index (χ2n) is 3.55.